The lowest BCUT2D eigenvalue weighted by Gasteiger charge is -2.39. The van der Waals surface area contributed by atoms with E-state index in [0.29, 0.717) is 27.7 Å². The molecule has 1 amide bonds. The molecule has 1 aromatic carbocycles. The number of halogens is 2. The third-order valence-electron chi connectivity index (χ3n) is 6.51. The fraction of sp³-hybridized carbons (Fsp3) is 0.435. The summed E-state index contributed by atoms with van der Waals surface area (Å²) in [4.78, 5) is 35.2. The van der Waals surface area contributed by atoms with Gasteiger partial charge < -0.3 is 16.0 Å². The second-order valence-corrected chi connectivity index (χ2v) is 11.4. The zero-order chi connectivity index (χ0) is 22.5. The van der Waals surface area contributed by atoms with E-state index in [1.807, 2.05) is 24.3 Å². The van der Waals surface area contributed by atoms with Crippen molar-refractivity contribution < 1.29 is 9.59 Å². The quantitative estimate of drug-likeness (QED) is 0.484. The third-order valence-corrected chi connectivity index (χ3v) is 8.92. The lowest BCUT2D eigenvalue weighted by Crippen LogP contribution is -2.64. The van der Waals surface area contributed by atoms with Gasteiger partial charge in [0.25, 0.3) is 5.91 Å². The second-order valence-electron chi connectivity index (χ2n) is 8.81. The highest BCUT2D eigenvalue weighted by Crippen LogP contribution is 2.35. The Balaban J connectivity index is 0.00000259. The van der Waals surface area contributed by atoms with Crippen LogP contribution in [0.4, 0.5) is 0 Å². The van der Waals surface area contributed by atoms with Gasteiger partial charge >= 0.3 is 0 Å². The smallest absolute Gasteiger partial charge is 0.280 e. The van der Waals surface area contributed by atoms with Crippen LogP contribution < -0.4 is 11.1 Å². The normalized spacial score (nSPS) is 23.1. The minimum Gasteiger partial charge on any atom is -0.345 e. The van der Waals surface area contributed by atoms with Gasteiger partial charge in [0.15, 0.2) is 10.8 Å². The minimum absolute atomic E-state index is 0. The number of hydrogen-bond acceptors (Lipinski definition) is 7. The van der Waals surface area contributed by atoms with Gasteiger partial charge in [-0.05, 0) is 43.5 Å². The maximum atomic E-state index is 13.6. The summed E-state index contributed by atoms with van der Waals surface area (Å²) in [5.74, 6) is -0.343. The van der Waals surface area contributed by atoms with E-state index in [-0.39, 0.29) is 24.1 Å². The van der Waals surface area contributed by atoms with Crippen molar-refractivity contribution in [2.24, 2.45) is 5.73 Å². The van der Waals surface area contributed by atoms with Crippen LogP contribution in [0.15, 0.2) is 24.3 Å². The van der Waals surface area contributed by atoms with Crippen LogP contribution in [-0.2, 0) is 13.0 Å². The molecule has 2 aromatic heterocycles. The summed E-state index contributed by atoms with van der Waals surface area (Å²) in [7, 11) is 2.07. The molecule has 1 fully saturated rings. The van der Waals surface area contributed by atoms with Crippen LogP contribution in [-0.4, -0.2) is 46.7 Å². The summed E-state index contributed by atoms with van der Waals surface area (Å²) < 4.78 is 0.958. The number of thiophene rings is 1. The molecule has 2 unspecified atom stereocenters. The van der Waals surface area contributed by atoms with Crippen LogP contribution in [0.2, 0.25) is 5.02 Å². The average molecular weight is 526 g/mol. The summed E-state index contributed by atoms with van der Waals surface area (Å²) in [5.41, 5.74) is 6.65. The number of likely N-dealkylation sites (N-methyl/N-ethyl adjacent to an activating group) is 1. The summed E-state index contributed by atoms with van der Waals surface area (Å²) in [6, 6.07) is 7.05. The van der Waals surface area contributed by atoms with Crippen LogP contribution >= 0.6 is 46.7 Å². The Morgan fingerprint density at radius 1 is 1.27 bits per heavy atom. The third kappa shape index (κ3) is 4.70. The highest BCUT2D eigenvalue weighted by atomic mass is 35.5. The van der Waals surface area contributed by atoms with E-state index in [2.05, 4.69) is 22.2 Å². The SMILES string of the molecule is CN1CCc2nc(C(=O)NC3CCCCC3(N)C(=O)c3cc4ccc(Cl)cc4s3)sc2C1.Cl. The number of thiazole rings is 1. The number of Topliss-reactive ketones (excluding diaryl/α,β-unsaturated/α-hetero) is 1. The van der Waals surface area contributed by atoms with Gasteiger partial charge in [0.1, 0.15) is 5.54 Å². The number of carbonyl (C=O) groups excluding carboxylic acids is 2. The van der Waals surface area contributed by atoms with Crippen LogP contribution in [0.25, 0.3) is 10.1 Å². The van der Waals surface area contributed by atoms with E-state index in [1.54, 1.807) is 0 Å². The van der Waals surface area contributed by atoms with Crippen molar-refractivity contribution in [3.8, 4) is 0 Å². The first kappa shape index (κ1) is 24.6. The van der Waals surface area contributed by atoms with Gasteiger partial charge in [-0.3, -0.25) is 9.59 Å². The second kappa shape index (κ2) is 9.60. The molecule has 1 aliphatic heterocycles. The van der Waals surface area contributed by atoms with Gasteiger partial charge in [0.05, 0.1) is 16.6 Å². The van der Waals surface area contributed by atoms with Crippen LogP contribution in [0.5, 0.6) is 0 Å². The molecule has 0 spiro atoms. The molecule has 33 heavy (non-hydrogen) atoms. The monoisotopic (exact) mass is 524 g/mol. The number of ketones is 1. The zero-order valence-corrected chi connectivity index (χ0v) is 21.4. The first-order chi connectivity index (χ1) is 15.3. The van der Waals surface area contributed by atoms with Crippen LogP contribution in [0, 0.1) is 0 Å². The van der Waals surface area contributed by atoms with Gasteiger partial charge in [-0.25, -0.2) is 4.98 Å². The largest absolute Gasteiger partial charge is 0.345 e. The Morgan fingerprint density at radius 2 is 2.09 bits per heavy atom. The van der Waals surface area contributed by atoms with Crippen molar-refractivity contribution in [3.05, 3.63) is 49.7 Å². The fourth-order valence-corrected chi connectivity index (χ4v) is 7.12. The number of nitrogens with two attached hydrogens (primary N) is 1. The lowest BCUT2D eigenvalue weighted by atomic mass is 9.74. The van der Waals surface area contributed by atoms with E-state index >= 15 is 0 Å². The summed E-state index contributed by atoms with van der Waals surface area (Å²) in [6.45, 7) is 1.76. The zero-order valence-electron chi connectivity index (χ0n) is 18.2. The van der Waals surface area contributed by atoms with E-state index < -0.39 is 11.6 Å². The molecular formula is C23H26Cl2N4O2S2. The molecule has 3 aromatic rings. The highest BCUT2D eigenvalue weighted by Gasteiger charge is 2.45. The molecule has 1 aliphatic carbocycles. The van der Waals surface area contributed by atoms with Gasteiger partial charge in [0.2, 0.25) is 0 Å². The van der Waals surface area contributed by atoms with E-state index in [4.69, 9.17) is 17.3 Å². The Kier molecular flexibility index (Phi) is 7.15. The molecule has 176 valence electrons. The molecule has 2 atom stereocenters. The molecule has 2 aliphatic rings. The van der Waals surface area contributed by atoms with Crippen molar-refractivity contribution in [3.63, 3.8) is 0 Å². The standard InChI is InChI=1S/C23H25ClN4O2S2.ClH/c1-28-9-7-15-18(12-28)32-22(26-15)21(30)27-19-4-2-3-8-23(19,25)20(29)17-10-13-5-6-14(24)11-16(13)31-17;/h5-6,10-11,19H,2-4,7-9,12,25H2,1H3,(H,27,30);1H. The Labute approximate surface area is 211 Å². The fourth-order valence-electron chi connectivity index (χ4n) is 4.66. The van der Waals surface area contributed by atoms with Crippen molar-refractivity contribution in [1.29, 1.82) is 0 Å². The maximum Gasteiger partial charge on any atom is 0.280 e. The van der Waals surface area contributed by atoms with E-state index in [9.17, 15) is 9.59 Å². The molecular weight excluding hydrogens is 499 g/mol. The molecule has 0 radical (unpaired) electrons. The van der Waals surface area contributed by atoms with E-state index in [0.717, 1.165) is 53.0 Å². The number of nitrogens with zero attached hydrogens (tertiary/aromatic N) is 2. The molecule has 1 saturated carbocycles. The Morgan fingerprint density at radius 3 is 2.91 bits per heavy atom. The molecule has 5 rings (SSSR count). The molecule has 0 bridgehead atoms. The van der Waals surface area contributed by atoms with Crippen molar-refractivity contribution >= 4 is 68.5 Å². The molecule has 3 heterocycles. The van der Waals surface area contributed by atoms with Crippen LogP contribution in [0.3, 0.4) is 0 Å². The van der Waals surface area contributed by atoms with Crippen molar-refractivity contribution in [1.82, 2.24) is 15.2 Å². The topological polar surface area (TPSA) is 88.3 Å². The van der Waals surface area contributed by atoms with Crippen molar-refractivity contribution in [2.75, 3.05) is 13.6 Å². The van der Waals surface area contributed by atoms with Gasteiger partial charge in [-0.2, -0.15) is 0 Å². The number of carbonyl (C=O) groups is 2. The van der Waals surface area contributed by atoms with Crippen molar-refractivity contribution in [2.45, 2.75) is 50.2 Å². The van der Waals surface area contributed by atoms with Gasteiger partial charge in [-0.15, -0.1) is 35.1 Å². The molecule has 3 N–H and O–H groups in total. The highest BCUT2D eigenvalue weighted by molar-refractivity contribution is 7.21. The first-order valence-electron chi connectivity index (χ1n) is 10.8. The molecule has 0 saturated heterocycles. The predicted molar refractivity (Wildman–Crippen MR) is 137 cm³/mol. The van der Waals surface area contributed by atoms with Gasteiger partial charge in [-0.1, -0.05) is 30.5 Å². The summed E-state index contributed by atoms with van der Waals surface area (Å²) in [5, 5.41) is 5.15. The minimum atomic E-state index is -1.13. The average Bonchev–Trinajstić information content (AvgIpc) is 3.38. The maximum absolute atomic E-state index is 13.6. The lowest BCUT2D eigenvalue weighted by molar-refractivity contribution is 0.0762. The number of hydrogen-bond donors (Lipinski definition) is 2. The summed E-state index contributed by atoms with van der Waals surface area (Å²) in [6.07, 6.45) is 3.87. The number of rotatable bonds is 4. The number of fused-ring (bicyclic) bond motifs is 2. The predicted octanol–water partition coefficient (Wildman–Crippen LogP) is 4.67. The van der Waals surface area contributed by atoms with Crippen LogP contribution in [0.1, 0.15) is 55.7 Å². The number of amides is 1. The molecule has 10 heteroatoms. The Bertz CT molecular complexity index is 1210. The first-order valence-corrected chi connectivity index (χ1v) is 12.9. The number of benzene rings is 1. The Hall–Kier alpha value is -1.55. The number of nitrogens with one attached hydrogen (secondary N) is 1. The summed E-state index contributed by atoms with van der Waals surface area (Å²) >= 11 is 8.96. The molecule has 6 nitrogen and oxygen atoms in total. The van der Waals surface area contributed by atoms with Gasteiger partial charge in [0, 0.05) is 34.1 Å². The number of aromatic nitrogens is 1. The van der Waals surface area contributed by atoms with E-state index in [1.165, 1.54) is 22.7 Å².